The summed E-state index contributed by atoms with van der Waals surface area (Å²) in [6.45, 7) is 0.642. The Morgan fingerprint density at radius 3 is 2.75 bits per heavy atom. The number of rotatable bonds is 3. The molecule has 32 heavy (non-hydrogen) atoms. The summed E-state index contributed by atoms with van der Waals surface area (Å²) in [6, 6.07) is 11.3. The highest BCUT2D eigenvalue weighted by Gasteiger charge is 2.40. The van der Waals surface area contributed by atoms with Crippen LogP contribution in [0, 0.1) is 11.6 Å². The van der Waals surface area contributed by atoms with Gasteiger partial charge in [-0.3, -0.25) is 4.90 Å². The van der Waals surface area contributed by atoms with Gasteiger partial charge in [0.2, 0.25) is 0 Å². The van der Waals surface area contributed by atoms with E-state index in [1.54, 1.807) is 47.8 Å². The summed E-state index contributed by atoms with van der Waals surface area (Å²) in [7, 11) is 0. The molecule has 1 saturated heterocycles. The second-order valence-corrected chi connectivity index (χ2v) is 7.86. The van der Waals surface area contributed by atoms with E-state index < -0.39 is 29.9 Å². The topological polar surface area (TPSA) is 71.7 Å². The zero-order chi connectivity index (χ0) is 22.2. The van der Waals surface area contributed by atoms with Gasteiger partial charge < -0.3 is 10.0 Å². The summed E-state index contributed by atoms with van der Waals surface area (Å²) in [5, 5.41) is 15.8. The van der Waals surface area contributed by atoms with Gasteiger partial charge in [-0.05, 0) is 49.2 Å². The number of benzene rings is 2. The maximum absolute atomic E-state index is 14.5. The van der Waals surface area contributed by atoms with Crippen LogP contribution in [0.4, 0.5) is 19.3 Å². The van der Waals surface area contributed by atoms with E-state index in [2.05, 4.69) is 5.10 Å². The van der Waals surface area contributed by atoms with Crippen LogP contribution in [0.25, 0.3) is 0 Å². The van der Waals surface area contributed by atoms with Gasteiger partial charge in [-0.2, -0.15) is 5.10 Å². The molecule has 2 aromatic rings. The van der Waals surface area contributed by atoms with Crippen molar-refractivity contribution in [3.63, 3.8) is 0 Å². The minimum Gasteiger partial charge on any atom is -0.465 e. The van der Waals surface area contributed by atoms with Gasteiger partial charge in [0, 0.05) is 24.0 Å². The average Bonchev–Trinajstić information content (AvgIpc) is 3.43. The summed E-state index contributed by atoms with van der Waals surface area (Å²) >= 11 is 0. The monoisotopic (exact) mass is 437 g/mol. The average molecular weight is 437 g/mol. The Morgan fingerprint density at radius 2 is 1.97 bits per heavy atom. The van der Waals surface area contributed by atoms with Gasteiger partial charge in [0.25, 0.3) is 0 Å². The quantitative estimate of drug-likeness (QED) is 0.781. The molecule has 3 aliphatic rings. The van der Waals surface area contributed by atoms with Crippen molar-refractivity contribution in [3.05, 3.63) is 78.0 Å². The van der Waals surface area contributed by atoms with Crippen molar-refractivity contribution in [2.24, 2.45) is 10.1 Å². The number of halogens is 2. The molecule has 0 radical (unpaired) electrons. The van der Waals surface area contributed by atoms with E-state index in [0.717, 1.165) is 18.6 Å². The van der Waals surface area contributed by atoms with Crippen LogP contribution in [-0.2, 0) is 0 Å². The summed E-state index contributed by atoms with van der Waals surface area (Å²) in [4.78, 5) is 20.1. The highest BCUT2D eigenvalue weighted by Crippen LogP contribution is 2.36. The highest BCUT2D eigenvalue weighted by molar-refractivity contribution is 5.96. The first-order valence-electron chi connectivity index (χ1n) is 10.4. The molecule has 3 unspecified atom stereocenters. The van der Waals surface area contributed by atoms with E-state index >= 15 is 0 Å². The molecule has 164 valence electrons. The molecule has 3 atom stereocenters. The molecule has 7 nitrogen and oxygen atoms in total. The van der Waals surface area contributed by atoms with Crippen molar-refractivity contribution < 1.29 is 18.7 Å². The number of carboxylic acid groups (broad SMARTS) is 1. The molecule has 1 fully saturated rings. The van der Waals surface area contributed by atoms with E-state index in [0.29, 0.717) is 30.1 Å². The summed E-state index contributed by atoms with van der Waals surface area (Å²) < 4.78 is 28.3. The summed E-state index contributed by atoms with van der Waals surface area (Å²) in [5.74, 6) is -0.329. The second kappa shape index (κ2) is 8.07. The van der Waals surface area contributed by atoms with Crippen LogP contribution in [0.5, 0.6) is 0 Å². The first kappa shape index (κ1) is 20.2. The van der Waals surface area contributed by atoms with Crippen molar-refractivity contribution in [3.8, 4) is 0 Å². The fraction of sp³-hybridized carbons (Fsp3) is 0.261. The van der Waals surface area contributed by atoms with Crippen molar-refractivity contribution in [1.29, 1.82) is 0 Å². The molecule has 1 N–H and O–H groups in total. The molecule has 0 aliphatic carbocycles. The molecule has 2 aromatic carbocycles. The van der Waals surface area contributed by atoms with Crippen LogP contribution in [0.15, 0.2) is 70.9 Å². The number of para-hydroxylation sites is 1. The van der Waals surface area contributed by atoms with Gasteiger partial charge >= 0.3 is 6.09 Å². The number of amides is 1. The minimum atomic E-state index is -1.11. The third-order valence-corrected chi connectivity index (χ3v) is 5.97. The van der Waals surface area contributed by atoms with Crippen LogP contribution >= 0.6 is 0 Å². The molecule has 3 aliphatic heterocycles. The molecular weight excluding hydrogens is 416 g/mol. The van der Waals surface area contributed by atoms with Gasteiger partial charge in [-0.1, -0.05) is 18.2 Å². The largest absolute Gasteiger partial charge is 0.465 e. The maximum atomic E-state index is 14.5. The molecule has 0 spiro atoms. The Hall–Kier alpha value is -3.75. The third kappa shape index (κ3) is 3.49. The normalized spacial score (nSPS) is 23.9. The lowest BCUT2D eigenvalue weighted by atomic mass is 10.0. The summed E-state index contributed by atoms with van der Waals surface area (Å²) in [5.41, 5.74) is 0.821. The number of anilines is 1. The molecule has 3 heterocycles. The van der Waals surface area contributed by atoms with E-state index in [1.165, 1.54) is 11.0 Å². The Kier molecular flexibility index (Phi) is 5.08. The number of fused-ring (bicyclic) bond motifs is 1. The number of nitrogens with zero attached hydrogens (tertiary/aromatic N) is 5. The fourth-order valence-electron chi connectivity index (χ4n) is 4.53. The first-order valence-corrected chi connectivity index (χ1v) is 10.4. The van der Waals surface area contributed by atoms with Crippen molar-refractivity contribution in [1.82, 2.24) is 9.91 Å². The third-order valence-electron chi connectivity index (χ3n) is 5.97. The van der Waals surface area contributed by atoms with Crippen LogP contribution in [-0.4, -0.2) is 51.9 Å². The minimum absolute atomic E-state index is 0.302. The fourth-order valence-corrected chi connectivity index (χ4v) is 4.53. The number of hydrogen-bond acceptors (Lipinski definition) is 5. The lowest BCUT2D eigenvalue weighted by Crippen LogP contribution is -2.49. The maximum Gasteiger partial charge on any atom is 0.412 e. The zero-order valence-electron chi connectivity index (χ0n) is 17.1. The van der Waals surface area contributed by atoms with E-state index in [9.17, 15) is 18.7 Å². The smallest absolute Gasteiger partial charge is 0.412 e. The van der Waals surface area contributed by atoms with E-state index in [-0.39, 0.29) is 6.04 Å². The van der Waals surface area contributed by atoms with Gasteiger partial charge in [-0.25, -0.2) is 23.6 Å². The zero-order valence-corrected chi connectivity index (χ0v) is 17.1. The standard InChI is InChI=1S/C23H21F2N5O2/c24-15-8-9-18(25)17(13-15)19-7-4-11-28(19)21-10-12-29-22(27-21)20(14-26-29)30(23(31)32)16-5-2-1-3-6-16/h1-3,5-6,8-10,12-14,19-20,22H,4,7,11H2,(H,31,32). The van der Waals surface area contributed by atoms with Crippen molar-refractivity contribution in [2.75, 3.05) is 11.4 Å². The van der Waals surface area contributed by atoms with Gasteiger partial charge in [-0.15, -0.1) is 0 Å². The Labute approximate surface area is 183 Å². The van der Waals surface area contributed by atoms with Crippen LogP contribution in [0.1, 0.15) is 24.4 Å². The Morgan fingerprint density at radius 1 is 1.16 bits per heavy atom. The lowest BCUT2D eigenvalue weighted by molar-refractivity contribution is 0.197. The number of amidine groups is 1. The molecular formula is C23H21F2N5O2. The van der Waals surface area contributed by atoms with Crippen molar-refractivity contribution in [2.45, 2.75) is 31.1 Å². The summed E-state index contributed by atoms with van der Waals surface area (Å²) in [6.07, 6.45) is 4.87. The number of aliphatic imine (C=N–C) groups is 1. The van der Waals surface area contributed by atoms with Gasteiger partial charge in [0.05, 0.1) is 12.3 Å². The predicted octanol–water partition coefficient (Wildman–Crippen LogP) is 4.21. The number of carbonyl (C=O) groups is 1. The van der Waals surface area contributed by atoms with Crippen LogP contribution in [0.2, 0.25) is 0 Å². The second-order valence-electron chi connectivity index (χ2n) is 7.86. The molecule has 0 bridgehead atoms. The Bertz CT molecular complexity index is 1120. The molecule has 0 aromatic heterocycles. The first-order chi connectivity index (χ1) is 15.5. The number of likely N-dealkylation sites (tertiary alicyclic amines) is 1. The van der Waals surface area contributed by atoms with Crippen molar-refractivity contribution >= 4 is 23.8 Å². The molecule has 0 saturated carbocycles. The van der Waals surface area contributed by atoms with Crippen LogP contribution < -0.4 is 4.90 Å². The molecule has 5 rings (SSSR count). The highest BCUT2D eigenvalue weighted by atomic mass is 19.1. The van der Waals surface area contributed by atoms with E-state index in [4.69, 9.17) is 4.99 Å². The van der Waals surface area contributed by atoms with Gasteiger partial charge in [0.1, 0.15) is 23.5 Å². The van der Waals surface area contributed by atoms with Gasteiger partial charge in [0.15, 0.2) is 6.17 Å². The lowest BCUT2D eigenvalue weighted by Gasteiger charge is -2.34. The Balaban J connectivity index is 1.46. The predicted molar refractivity (Wildman–Crippen MR) is 116 cm³/mol. The number of hydrazone groups is 1. The number of hydrogen-bond donors (Lipinski definition) is 1. The van der Waals surface area contributed by atoms with Crippen LogP contribution in [0.3, 0.4) is 0 Å². The molecule has 9 heteroatoms. The van der Waals surface area contributed by atoms with E-state index in [1.807, 2.05) is 11.0 Å². The SMILES string of the molecule is O=C(O)N(c1ccccc1)C1C=NN2C=CC(N3CCCC3c3cc(F)ccc3F)=NC12. The molecule has 1 amide bonds.